The van der Waals surface area contributed by atoms with Crippen LogP contribution >= 0.6 is 0 Å². The molecule has 2 amide bonds. The number of nitrogens with one attached hydrogen (secondary N) is 2. The van der Waals surface area contributed by atoms with E-state index in [0.717, 1.165) is 61.9 Å². The number of amides is 2. The summed E-state index contributed by atoms with van der Waals surface area (Å²) in [6.45, 7) is 0.692. The smallest absolute Gasteiger partial charge is 0.381 e. The minimum Gasteiger partial charge on any atom is -0.381 e. The van der Waals surface area contributed by atoms with Gasteiger partial charge in [-0.15, -0.1) is 0 Å². The number of carbonyl (C=O) groups is 2. The van der Waals surface area contributed by atoms with Gasteiger partial charge in [-0.05, 0) is 61.1 Å². The molecule has 0 aromatic heterocycles. The molecule has 0 bridgehead atoms. The van der Waals surface area contributed by atoms with E-state index >= 15 is 0 Å². The Labute approximate surface area is 244 Å². The summed E-state index contributed by atoms with van der Waals surface area (Å²) in [6.07, 6.45) is 12.3. The fourth-order valence-corrected chi connectivity index (χ4v) is 7.30. The summed E-state index contributed by atoms with van der Waals surface area (Å²) in [6, 6.07) is 12.9. The van der Waals surface area contributed by atoms with Crippen molar-refractivity contribution in [2.24, 2.45) is 17.8 Å². The van der Waals surface area contributed by atoms with Crippen molar-refractivity contribution < 1.29 is 22.8 Å². The molecule has 4 aliphatic rings. The number of halogens is 3. The maximum atomic E-state index is 14.3. The normalized spacial score (nSPS) is 28.7. The Balaban J connectivity index is 1.17. The van der Waals surface area contributed by atoms with E-state index in [2.05, 4.69) is 52.0 Å². The van der Waals surface area contributed by atoms with Gasteiger partial charge in [0.05, 0.1) is 17.5 Å². The van der Waals surface area contributed by atoms with Crippen molar-refractivity contribution in [3.05, 3.63) is 95.6 Å². The lowest BCUT2D eigenvalue weighted by molar-refractivity contribution is -0.139. The molecular formula is C34H36F3N3O2. The summed E-state index contributed by atoms with van der Waals surface area (Å²) in [5.74, 6) is 0.119. The summed E-state index contributed by atoms with van der Waals surface area (Å²) in [5.41, 5.74) is 2.02. The first kappa shape index (κ1) is 28.3. The third kappa shape index (κ3) is 5.76. The topological polar surface area (TPSA) is 61.4 Å². The third-order valence-electron chi connectivity index (χ3n) is 9.34. The number of nitrogens with zero attached hydrogens (tertiary/aromatic N) is 1. The predicted molar refractivity (Wildman–Crippen MR) is 157 cm³/mol. The molecule has 2 heterocycles. The SMILES string of the molecule is O=C(/C=C/c1ccc(C(F)(F)F)cc1)N[C@@H]1CCCC[C@@H]1C(=O)N1CC[C@@H]2[C@H](C3C=CC=CC3)Nc3ccccc3[C@@H]21. The Bertz CT molecular complexity index is 1400. The van der Waals surface area contributed by atoms with Crippen LogP contribution in [0.1, 0.15) is 61.3 Å². The van der Waals surface area contributed by atoms with E-state index in [1.807, 2.05) is 12.1 Å². The number of alkyl halides is 3. The second-order valence-corrected chi connectivity index (χ2v) is 11.9. The highest BCUT2D eigenvalue weighted by atomic mass is 19.4. The van der Waals surface area contributed by atoms with Gasteiger partial charge in [-0.25, -0.2) is 0 Å². The molecule has 2 aromatic rings. The molecule has 0 spiro atoms. The zero-order valence-corrected chi connectivity index (χ0v) is 23.4. The fraction of sp³-hybridized carbons (Fsp3) is 0.412. The molecule has 0 radical (unpaired) electrons. The van der Waals surface area contributed by atoms with Crippen molar-refractivity contribution in [2.75, 3.05) is 11.9 Å². The number of benzene rings is 2. The average molecular weight is 576 g/mol. The molecule has 6 rings (SSSR count). The van der Waals surface area contributed by atoms with Gasteiger partial charge < -0.3 is 15.5 Å². The molecule has 2 aliphatic carbocycles. The lowest BCUT2D eigenvalue weighted by atomic mass is 9.75. The number of fused-ring (bicyclic) bond motifs is 3. The van der Waals surface area contributed by atoms with Gasteiger partial charge in [0.2, 0.25) is 11.8 Å². The van der Waals surface area contributed by atoms with Crippen molar-refractivity contribution in [3.63, 3.8) is 0 Å². The largest absolute Gasteiger partial charge is 0.416 e. The second-order valence-electron chi connectivity index (χ2n) is 11.9. The van der Waals surface area contributed by atoms with E-state index in [9.17, 15) is 22.8 Å². The predicted octanol–water partition coefficient (Wildman–Crippen LogP) is 6.91. The first-order valence-electron chi connectivity index (χ1n) is 14.9. The Kier molecular flexibility index (Phi) is 7.97. The molecule has 6 atom stereocenters. The summed E-state index contributed by atoms with van der Waals surface area (Å²) < 4.78 is 38.6. The maximum absolute atomic E-state index is 14.3. The van der Waals surface area contributed by atoms with Crippen LogP contribution in [0.25, 0.3) is 6.08 Å². The maximum Gasteiger partial charge on any atom is 0.416 e. The zero-order chi connectivity index (χ0) is 29.3. The van der Waals surface area contributed by atoms with E-state index in [-0.39, 0.29) is 35.9 Å². The number of carbonyl (C=O) groups excluding carboxylic acids is 2. The van der Waals surface area contributed by atoms with Gasteiger partial charge in [0.25, 0.3) is 0 Å². The van der Waals surface area contributed by atoms with Crippen LogP contribution in [-0.4, -0.2) is 35.3 Å². The number of anilines is 1. The number of para-hydroxylation sites is 1. The van der Waals surface area contributed by atoms with Crippen LogP contribution in [0, 0.1) is 17.8 Å². The van der Waals surface area contributed by atoms with E-state index in [1.54, 1.807) is 0 Å². The molecule has 2 fully saturated rings. The zero-order valence-electron chi connectivity index (χ0n) is 23.4. The molecule has 1 unspecified atom stereocenters. The Hall–Kier alpha value is -3.81. The van der Waals surface area contributed by atoms with Gasteiger partial charge in [-0.3, -0.25) is 9.59 Å². The lowest BCUT2D eigenvalue weighted by Gasteiger charge is -2.44. The summed E-state index contributed by atoms with van der Waals surface area (Å²) in [5, 5.41) is 6.86. The molecule has 2 aromatic carbocycles. The van der Waals surface area contributed by atoms with Gasteiger partial charge >= 0.3 is 6.18 Å². The fourth-order valence-electron chi connectivity index (χ4n) is 7.30. The molecular weight excluding hydrogens is 539 g/mol. The van der Waals surface area contributed by atoms with E-state index < -0.39 is 11.7 Å². The minimum atomic E-state index is -4.40. The van der Waals surface area contributed by atoms with Crippen molar-refractivity contribution >= 4 is 23.6 Å². The van der Waals surface area contributed by atoms with Crippen molar-refractivity contribution in [1.29, 1.82) is 0 Å². The molecule has 8 heteroatoms. The van der Waals surface area contributed by atoms with Gasteiger partial charge in [-0.1, -0.05) is 67.5 Å². The standard InChI is InChI=1S/C34H36F3N3O2/c35-34(36,37)24-17-14-22(15-18-24)16-19-30(41)38-29-13-7-5-11-26(29)33(42)40-21-20-27-31(23-8-2-1-3-9-23)39-28-12-6-4-10-25(28)32(27)40/h1-4,6,8,10,12,14-19,23,26-27,29,31-32,39H,5,7,9,11,13,20-21H2,(H,38,41)/b19-16+/t23?,26-,27+,29+,31-,32-/m0/s1. The molecule has 2 N–H and O–H groups in total. The van der Waals surface area contributed by atoms with E-state index in [4.69, 9.17) is 0 Å². The highest BCUT2D eigenvalue weighted by molar-refractivity contribution is 5.92. The quantitative estimate of drug-likeness (QED) is 0.381. The number of rotatable bonds is 5. The Morgan fingerprint density at radius 3 is 2.52 bits per heavy atom. The Morgan fingerprint density at radius 1 is 0.976 bits per heavy atom. The van der Waals surface area contributed by atoms with Gasteiger partial charge in [0, 0.05) is 42.2 Å². The molecule has 5 nitrogen and oxygen atoms in total. The van der Waals surface area contributed by atoms with Crippen LogP contribution in [0.2, 0.25) is 0 Å². The number of likely N-dealkylation sites (tertiary alicyclic amines) is 1. The monoisotopic (exact) mass is 575 g/mol. The van der Waals surface area contributed by atoms with Crippen LogP contribution in [0.3, 0.4) is 0 Å². The molecule has 42 heavy (non-hydrogen) atoms. The molecule has 1 saturated carbocycles. The highest BCUT2D eigenvalue weighted by Gasteiger charge is 2.49. The minimum absolute atomic E-state index is 0.00269. The second kappa shape index (κ2) is 11.8. The molecule has 220 valence electrons. The summed E-state index contributed by atoms with van der Waals surface area (Å²) >= 11 is 0. The van der Waals surface area contributed by atoms with Gasteiger partial charge in [0.15, 0.2) is 0 Å². The van der Waals surface area contributed by atoms with E-state index in [0.29, 0.717) is 23.9 Å². The van der Waals surface area contributed by atoms with Crippen LogP contribution < -0.4 is 10.6 Å². The van der Waals surface area contributed by atoms with Crippen molar-refractivity contribution in [2.45, 2.75) is 62.8 Å². The van der Waals surface area contributed by atoms with Gasteiger partial charge in [0.1, 0.15) is 0 Å². The van der Waals surface area contributed by atoms with Crippen LogP contribution in [-0.2, 0) is 15.8 Å². The number of hydrogen-bond donors (Lipinski definition) is 2. The van der Waals surface area contributed by atoms with Crippen LogP contribution in [0.15, 0.2) is 78.9 Å². The van der Waals surface area contributed by atoms with Crippen molar-refractivity contribution in [1.82, 2.24) is 10.2 Å². The summed E-state index contributed by atoms with van der Waals surface area (Å²) in [7, 11) is 0. The number of allylic oxidation sites excluding steroid dienone is 3. The van der Waals surface area contributed by atoms with Crippen molar-refractivity contribution in [3.8, 4) is 0 Å². The molecule has 1 saturated heterocycles. The Morgan fingerprint density at radius 2 is 1.76 bits per heavy atom. The average Bonchev–Trinajstić information content (AvgIpc) is 3.45. The van der Waals surface area contributed by atoms with Crippen LogP contribution in [0.4, 0.5) is 18.9 Å². The highest BCUT2D eigenvalue weighted by Crippen LogP contribution is 2.49. The van der Waals surface area contributed by atoms with Crippen LogP contribution in [0.5, 0.6) is 0 Å². The number of hydrogen-bond acceptors (Lipinski definition) is 3. The lowest BCUT2D eigenvalue weighted by Crippen LogP contribution is -2.50. The third-order valence-corrected chi connectivity index (χ3v) is 9.34. The first-order chi connectivity index (χ1) is 20.3. The van der Waals surface area contributed by atoms with E-state index in [1.165, 1.54) is 24.3 Å². The first-order valence-corrected chi connectivity index (χ1v) is 14.9. The van der Waals surface area contributed by atoms with Gasteiger partial charge in [-0.2, -0.15) is 13.2 Å². The summed E-state index contributed by atoms with van der Waals surface area (Å²) in [4.78, 5) is 29.2. The molecule has 2 aliphatic heterocycles.